The van der Waals surface area contributed by atoms with Crippen molar-refractivity contribution in [2.45, 2.75) is 43.2 Å². The summed E-state index contributed by atoms with van der Waals surface area (Å²) in [6.07, 6.45) is 3.89. The van der Waals surface area contributed by atoms with Crippen LogP contribution >= 0.6 is 23.4 Å². The molecule has 1 aliphatic rings. The van der Waals surface area contributed by atoms with Crippen molar-refractivity contribution in [3.05, 3.63) is 65.1 Å². The number of thioether (sulfide) groups is 1. The molecule has 1 fully saturated rings. The van der Waals surface area contributed by atoms with Crippen molar-refractivity contribution in [1.82, 2.24) is 9.88 Å². The zero-order valence-electron chi connectivity index (χ0n) is 20.6. The monoisotopic (exact) mass is 534 g/mol. The first kappa shape index (κ1) is 27.1. The normalized spacial score (nSPS) is 16.8. The average Bonchev–Trinajstić information content (AvgIpc) is 2.91. The number of methoxy groups -OCH3 is 1. The third-order valence-electron chi connectivity index (χ3n) is 7.26. The van der Waals surface area contributed by atoms with Crippen LogP contribution in [0, 0.1) is 11.2 Å². The second-order valence-corrected chi connectivity index (χ2v) is 11.1. The third-order valence-corrected chi connectivity index (χ3v) is 8.66. The summed E-state index contributed by atoms with van der Waals surface area (Å²) < 4.78 is 33.9. The molecule has 1 N–H and O–H groups in total. The summed E-state index contributed by atoms with van der Waals surface area (Å²) in [5, 5.41) is 11.2. The first-order valence-electron chi connectivity index (χ1n) is 12.4. The van der Waals surface area contributed by atoms with Crippen LogP contribution in [0.5, 0.6) is 5.75 Å². The highest BCUT2D eigenvalue weighted by Crippen LogP contribution is 2.42. The van der Waals surface area contributed by atoms with Crippen LogP contribution in [0.1, 0.15) is 43.8 Å². The lowest BCUT2D eigenvalue weighted by molar-refractivity contribution is 0.0304. The summed E-state index contributed by atoms with van der Waals surface area (Å²) in [5.74, 6) is 1.40. The summed E-state index contributed by atoms with van der Waals surface area (Å²) in [6, 6.07) is 12.0. The maximum atomic E-state index is 15.6. The predicted octanol–water partition coefficient (Wildman–Crippen LogP) is 7.08. The maximum absolute atomic E-state index is 15.6. The van der Waals surface area contributed by atoms with Gasteiger partial charge in [-0.2, -0.15) is 0 Å². The fourth-order valence-electron chi connectivity index (χ4n) is 4.94. The first-order chi connectivity index (χ1) is 17.4. The van der Waals surface area contributed by atoms with Crippen LogP contribution in [0.3, 0.4) is 0 Å². The molecule has 4 rings (SSSR count). The lowest BCUT2D eigenvalue weighted by atomic mass is 9.74. The van der Waals surface area contributed by atoms with Crippen molar-refractivity contribution in [3.8, 4) is 5.75 Å². The van der Waals surface area contributed by atoms with Crippen molar-refractivity contribution in [1.29, 1.82) is 0 Å². The molecule has 3 aromatic rings. The molecule has 36 heavy (non-hydrogen) atoms. The van der Waals surface area contributed by atoms with Gasteiger partial charge in [0, 0.05) is 28.6 Å². The number of hydrogen-bond acceptors (Lipinski definition) is 5. The molecule has 0 radical (unpaired) electrons. The van der Waals surface area contributed by atoms with Gasteiger partial charge in [0.05, 0.1) is 17.6 Å². The number of aromatic nitrogens is 1. The predicted molar refractivity (Wildman–Crippen MR) is 143 cm³/mol. The van der Waals surface area contributed by atoms with E-state index in [0.29, 0.717) is 40.1 Å². The molecule has 0 aliphatic carbocycles. The number of ether oxygens (including phenoxy) is 1. The van der Waals surface area contributed by atoms with Crippen LogP contribution in [0.2, 0.25) is 5.02 Å². The molecule has 8 heteroatoms. The Labute approximate surface area is 221 Å². The number of aliphatic hydroxyl groups excluding tert-OH is 1. The van der Waals surface area contributed by atoms with Crippen LogP contribution < -0.4 is 4.74 Å². The van der Waals surface area contributed by atoms with Gasteiger partial charge in [0.15, 0.2) is 0 Å². The van der Waals surface area contributed by atoms with Gasteiger partial charge in [0.2, 0.25) is 0 Å². The Kier molecular flexibility index (Phi) is 9.45. The zero-order chi connectivity index (χ0) is 25.5. The highest BCUT2D eigenvalue weighted by Gasteiger charge is 2.35. The molecule has 4 nitrogen and oxygen atoms in total. The van der Waals surface area contributed by atoms with Crippen molar-refractivity contribution < 1.29 is 18.6 Å². The molecule has 1 unspecified atom stereocenters. The Morgan fingerprint density at radius 2 is 1.94 bits per heavy atom. The second-order valence-electron chi connectivity index (χ2n) is 9.56. The summed E-state index contributed by atoms with van der Waals surface area (Å²) >= 11 is 8.13. The minimum Gasteiger partial charge on any atom is -0.497 e. The van der Waals surface area contributed by atoms with E-state index in [1.54, 1.807) is 31.0 Å². The second kappa shape index (κ2) is 12.5. The fraction of sp³-hybridized carbons (Fsp3) is 0.464. The summed E-state index contributed by atoms with van der Waals surface area (Å²) in [6.45, 7) is 2.85. The van der Waals surface area contributed by atoms with Gasteiger partial charge < -0.3 is 14.7 Å². The molecule has 194 valence electrons. The highest BCUT2D eigenvalue weighted by atomic mass is 35.5. The minimum atomic E-state index is -1.25. The summed E-state index contributed by atoms with van der Waals surface area (Å²) in [4.78, 5) is 7.82. The summed E-state index contributed by atoms with van der Waals surface area (Å²) in [5.41, 5.74) is 0.863. The van der Waals surface area contributed by atoms with E-state index in [1.165, 1.54) is 18.3 Å². The molecule has 0 bridgehead atoms. The van der Waals surface area contributed by atoms with Crippen molar-refractivity contribution in [3.63, 3.8) is 0 Å². The third kappa shape index (κ3) is 6.68. The quantitative estimate of drug-likeness (QED) is 0.210. The van der Waals surface area contributed by atoms with E-state index in [0.717, 1.165) is 49.5 Å². The van der Waals surface area contributed by atoms with Gasteiger partial charge in [-0.05, 0) is 105 Å². The maximum Gasteiger partial charge on any atom is 0.127 e. The lowest BCUT2D eigenvalue weighted by Gasteiger charge is -2.41. The number of pyridine rings is 1. The lowest BCUT2D eigenvalue weighted by Crippen LogP contribution is -2.42. The van der Waals surface area contributed by atoms with Gasteiger partial charge in [-0.1, -0.05) is 11.6 Å². The topological polar surface area (TPSA) is 45.6 Å². The number of hydrogen-bond donors (Lipinski definition) is 1. The zero-order valence-corrected chi connectivity index (χ0v) is 22.1. The number of alkyl halides is 1. The molecule has 2 aromatic carbocycles. The molecule has 0 spiro atoms. The van der Waals surface area contributed by atoms with Gasteiger partial charge in [-0.3, -0.25) is 4.98 Å². The molecule has 0 saturated carbocycles. The van der Waals surface area contributed by atoms with Crippen molar-refractivity contribution >= 4 is 34.3 Å². The number of fused-ring (bicyclic) bond motifs is 1. The fourth-order valence-corrected chi connectivity index (χ4v) is 6.04. The van der Waals surface area contributed by atoms with E-state index in [1.807, 2.05) is 18.2 Å². The highest BCUT2D eigenvalue weighted by molar-refractivity contribution is 7.99. The standard InChI is InChI=1S/C28H33ClF2N2O2S/c1-35-21-5-8-26-23(17-21)27(24(29)18-32-26)25(31)9-10-28(19-34)11-14-33(15-12-28)13-2-16-36-22-6-3-20(30)4-7-22/h3-8,17-18,25,34H,2,9-16,19H2,1H3. The van der Waals surface area contributed by atoms with Crippen molar-refractivity contribution in [2.75, 3.05) is 39.1 Å². The van der Waals surface area contributed by atoms with Gasteiger partial charge >= 0.3 is 0 Å². The van der Waals surface area contributed by atoms with E-state index in [9.17, 15) is 9.50 Å². The van der Waals surface area contributed by atoms with E-state index in [4.69, 9.17) is 16.3 Å². The van der Waals surface area contributed by atoms with Crippen LogP contribution in [0.25, 0.3) is 10.9 Å². The molecular weight excluding hydrogens is 502 g/mol. The number of halogens is 3. The van der Waals surface area contributed by atoms with Gasteiger partial charge in [0.25, 0.3) is 0 Å². The molecule has 1 saturated heterocycles. The molecule has 1 aromatic heterocycles. The van der Waals surface area contributed by atoms with E-state index < -0.39 is 6.17 Å². The number of likely N-dealkylation sites (tertiary alicyclic amines) is 1. The molecule has 1 aliphatic heterocycles. The van der Waals surface area contributed by atoms with Crippen molar-refractivity contribution in [2.24, 2.45) is 5.41 Å². The van der Waals surface area contributed by atoms with Gasteiger partial charge in [0.1, 0.15) is 17.7 Å². The van der Waals surface area contributed by atoms with Crippen LogP contribution in [0.15, 0.2) is 53.6 Å². The van der Waals surface area contributed by atoms with Crippen LogP contribution in [0.4, 0.5) is 8.78 Å². The smallest absolute Gasteiger partial charge is 0.127 e. The Hall–Kier alpha value is -1.93. The van der Waals surface area contributed by atoms with Crippen LogP contribution in [-0.2, 0) is 0 Å². The molecular formula is C28H33ClF2N2O2S. The SMILES string of the molecule is COc1ccc2ncc(Cl)c(C(F)CCC3(CO)CCN(CCCSc4ccc(F)cc4)CC3)c2c1. The van der Waals surface area contributed by atoms with Gasteiger partial charge in [-0.25, -0.2) is 8.78 Å². The van der Waals surface area contributed by atoms with Gasteiger partial charge in [-0.15, -0.1) is 11.8 Å². The first-order valence-corrected chi connectivity index (χ1v) is 13.8. The van der Waals surface area contributed by atoms with E-state index in [-0.39, 0.29) is 17.8 Å². The Morgan fingerprint density at radius 3 is 2.64 bits per heavy atom. The number of nitrogens with zero attached hydrogens (tertiary/aromatic N) is 2. The van der Waals surface area contributed by atoms with E-state index >= 15 is 4.39 Å². The largest absolute Gasteiger partial charge is 0.497 e. The van der Waals surface area contributed by atoms with Crippen LogP contribution in [-0.4, -0.2) is 54.1 Å². The Balaban J connectivity index is 1.29. The Morgan fingerprint density at radius 1 is 1.19 bits per heavy atom. The Bertz CT molecular complexity index is 1140. The number of piperidine rings is 1. The van der Waals surface area contributed by atoms with E-state index in [2.05, 4.69) is 9.88 Å². The number of aliphatic hydroxyl groups is 1. The average molecular weight is 535 g/mol. The molecule has 0 amide bonds. The summed E-state index contributed by atoms with van der Waals surface area (Å²) in [7, 11) is 1.58. The number of benzene rings is 2. The molecule has 2 heterocycles. The number of rotatable bonds is 11. The molecule has 1 atom stereocenters. The minimum absolute atomic E-state index is 0.0621.